The Balaban J connectivity index is 1.78. The third-order valence-electron chi connectivity index (χ3n) is 5.06. The molecule has 0 aliphatic carbocycles. The van der Waals surface area contributed by atoms with Crippen LogP contribution in [-0.2, 0) is 0 Å². The predicted molar refractivity (Wildman–Crippen MR) is 101 cm³/mol. The third kappa shape index (κ3) is 2.69. The molecular formula is C19H19N5O3. The number of hydrogen-bond donors (Lipinski definition) is 0. The van der Waals surface area contributed by atoms with Crippen molar-refractivity contribution in [2.75, 3.05) is 11.9 Å². The van der Waals surface area contributed by atoms with Gasteiger partial charge in [0.15, 0.2) is 6.21 Å². The zero-order valence-electron chi connectivity index (χ0n) is 15.2. The highest BCUT2D eigenvalue weighted by atomic mass is 16.6. The van der Waals surface area contributed by atoms with Crippen molar-refractivity contribution in [1.82, 2.24) is 15.2 Å². The summed E-state index contributed by atoms with van der Waals surface area (Å²) in [5.41, 5.74) is 1.81. The Hall–Kier alpha value is -3.42. The summed E-state index contributed by atoms with van der Waals surface area (Å²) in [6, 6.07) is 14.2. The molecule has 0 unspecified atom stereocenters. The van der Waals surface area contributed by atoms with Crippen LogP contribution in [0.2, 0.25) is 0 Å². The van der Waals surface area contributed by atoms with Crippen LogP contribution < -0.4 is 4.90 Å². The third-order valence-corrected chi connectivity index (χ3v) is 5.06. The molecule has 2 aromatic carbocycles. The Bertz CT molecular complexity index is 1030. The number of hydroxylamine groups is 1. The smallest absolute Gasteiger partial charge is 0.330 e. The van der Waals surface area contributed by atoms with Gasteiger partial charge in [-0.1, -0.05) is 18.2 Å². The second-order valence-corrected chi connectivity index (χ2v) is 7.08. The highest BCUT2D eigenvalue weighted by Gasteiger charge is 2.55. The normalized spacial score (nSPS) is 19.9. The van der Waals surface area contributed by atoms with Crippen LogP contribution in [0, 0.1) is 5.21 Å². The van der Waals surface area contributed by atoms with Crippen LogP contribution in [0.4, 0.5) is 10.5 Å². The largest absolute Gasteiger partial charge is 0.622 e. The van der Waals surface area contributed by atoms with E-state index in [1.165, 1.54) is 11.1 Å². The molecule has 1 fully saturated rings. The number of nitrogens with zero attached hydrogens (tertiary/aromatic N) is 5. The molecule has 1 aliphatic rings. The number of aromatic nitrogens is 2. The van der Waals surface area contributed by atoms with Crippen LogP contribution in [0.1, 0.15) is 19.4 Å². The van der Waals surface area contributed by atoms with Gasteiger partial charge in [-0.25, -0.2) is 14.3 Å². The zero-order valence-corrected chi connectivity index (χ0v) is 15.2. The van der Waals surface area contributed by atoms with E-state index in [9.17, 15) is 10.0 Å². The standard InChI is InChI=1S/C19H19N5O3/c1-19(2)17(24(18(25)22(19)3)14-7-5-4-6-8-14)23(26)12-13-9-10-15-16(11-13)21-27-20-15/h4-12,17H,1-3H3/b23-12-/t17-/m1/s1. The fourth-order valence-corrected chi connectivity index (χ4v) is 3.36. The van der Waals surface area contributed by atoms with Gasteiger partial charge in [-0.15, -0.1) is 0 Å². The molecule has 1 aromatic heterocycles. The van der Waals surface area contributed by atoms with Gasteiger partial charge >= 0.3 is 6.03 Å². The molecule has 1 aliphatic heterocycles. The lowest BCUT2D eigenvalue weighted by atomic mass is 10.0. The van der Waals surface area contributed by atoms with Gasteiger partial charge in [0.1, 0.15) is 16.6 Å². The maximum absolute atomic E-state index is 13.2. The Labute approximate surface area is 155 Å². The van der Waals surface area contributed by atoms with E-state index in [-0.39, 0.29) is 6.03 Å². The lowest BCUT2D eigenvalue weighted by Crippen LogP contribution is -2.51. The number of carbonyl (C=O) groups is 1. The monoisotopic (exact) mass is 365 g/mol. The first-order valence-corrected chi connectivity index (χ1v) is 8.54. The maximum atomic E-state index is 13.2. The van der Waals surface area contributed by atoms with E-state index in [0.717, 1.165) is 4.74 Å². The quantitative estimate of drug-likeness (QED) is 0.308. The number of amides is 2. The van der Waals surface area contributed by atoms with E-state index in [4.69, 9.17) is 4.63 Å². The molecule has 3 aromatic rings. The molecule has 1 saturated heterocycles. The van der Waals surface area contributed by atoms with Crippen LogP contribution in [0.3, 0.4) is 0 Å². The summed E-state index contributed by atoms with van der Waals surface area (Å²) < 4.78 is 5.52. The van der Waals surface area contributed by atoms with Crippen LogP contribution in [0.25, 0.3) is 11.0 Å². The topological polar surface area (TPSA) is 88.5 Å². The molecule has 8 heteroatoms. The van der Waals surface area contributed by atoms with E-state index in [1.807, 2.05) is 44.2 Å². The number of hydrogen-bond acceptors (Lipinski definition) is 5. The minimum absolute atomic E-state index is 0.221. The average molecular weight is 365 g/mol. The van der Waals surface area contributed by atoms with Crippen LogP contribution in [0.5, 0.6) is 0 Å². The van der Waals surface area contributed by atoms with Gasteiger partial charge in [0.2, 0.25) is 0 Å². The minimum atomic E-state index is -0.733. The van der Waals surface area contributed by atoms with Gasteiger partial charge in [-0.05, 0) is 54.5 Å². The lowest BCUT2D eigenvalue weighted by Gasteiger charge is -2.31. The minimum Gasteiger partial charge on any atom is -0.622 e. The number of carbonyl (C=O) groups excluding carboxylic acids is 1. The van der Waals surface area contributed by atoms with E-state index < -0.39 is 11.7 Å². The molecule has 138 valence electrons. The summed E-state index contributed by atoms with van der Waals surface area (Å²) in [6.45, 7) is 3.75. The van der Waals surface area contributed by atoms with Gasteiger partial charge in [-0.2, -0.15) is 4.74 Å². The van der Waals surface area contributed by atoms with E-state index >= 15 is 0 Å². The first-order valence-electron chi connectivity index (χ1n) is 8.54. The van der Waals surface area contributed by atoms with Gasteiger partial charge in [-0.3, -0.25) is 0 Å². The molecule has 0 saturated carbocycles. The molecule has 0 bridgehead atoms. The summed E-state index contributed by atoms with van der Waals surface area (Å²) in [6.07, 6.45) is 0.728. The van der Waals surface area contributed by atoms with Crippen molar-refractivity contribution in [3.63, 3.8) is 0 Å². The molecule has 2 heterocycles. The number of likely N-dealkylation sites (N-methyl/N-ethyl adjacent to an activating group) is 1. The molecule has 0 spiro atoms. The summed E-state index contributed by atoms with van der Waals surface area (Å²) in [4.78, 5) is 16.0. The Morgan fingerprint density at radius 2 is 1.85 bits per heavy atom. The van der Waals surface area contributed by atoms with E-state index in [0.29, 0.717) is 22.3 Å². The van der Waals surface area contributed by atoms with Crippen molar-refractivity contribution < 1.29 is 14.2 Å². The first-order chi connectivity index (χ1) is 12.9. The second-order valence-electron chi connectivity index (χ2n) is 7.08. The van der Waals surface area contributed by atoms with Crippen molar-refractivity contribution in [1.29, 1.82) is 0 Å². The first kappa shape index (κ1) is 17.0. The van der Waals surface area contributed by atoms with E-state index in [1.54, 1.807) is 30.1 Å². The van der Waals surface area contributed by atoms with Gasteiger partial charge in [0, 0.05) is 12.6 Å². The number of fused-ring (bicyclic) bond motifs is 1. The Morgan fingerprint density at radius 3 is 2.59 bits per heavy atom. The molecular weight excluding hydrogens is 346 g/mol. The Kier molecular flexibility index (Phi) is 3.83. The highest BCUT2D eigenvalue weighted by molar-refractivity contribution is 5.96. The molecule has 4 rings (SSSR count). The lowest BCUT2D eigenvalue weighted by molar-refractivity contribution is -0.504. The SMILES string of the molecule is CN1C(=O)N(c2ccccc2)[C@@H](/[N+]([O-])=C/c2ccc3nonc3c2)C1(C)C. The number of urea groups is 1. The van der Waals surface area contributed by atoms with Crippen molar-refractivity contribution in [2.24, 2.45) is 0 Å². The van der Waals surface area contributed by atoms with Crippen LogP contribution in [-0.4, -0.2) is 51.0 Å². The molecule has 0 N–H and O–H groups in total. The summed E-state index contributed by atoms with van der Waals surface area (Å²) in [5.74, 6) is 0. The van der Waals surface area contributed by atoms with Crippen molar-refractivity contribution in [2.45, 2.75) is 25.6 Å². The number of rotatable bonds is 3. The molecule has 1 atom stereocenters. The zero-order chi connectivity index (χ0) is 19.2. The molecule has 0 radical (unpaired) electrons. The number of para-hydroxylation sites is 1. The summed E-state index contributed by atoms with van der Waals surface area (Å²) >= 11 is 0. The molecule has 27 heavy (non-hydrogen) atoms. The number of benzene rings is 2. The van der Waals surface area contributed by atoms with Gasteiger partial charge < -0.3 is 10.1 Å². The molecule has 2 amide bonds. The molecule has 8 nitrogen and oxygen atoms in total. The van der Waals surface area contributed by atoms with Crippen LogP contribution in [0.15, 0.2) is 53.2 Å². The fourth-order valence-electron chi connectivity index (χ4n) is 3.36. The van der Waals surface area contributed by atoms with Gasteiger partial charge in [0.05, 0.1) is 5.69 Å². The average Bonchev–Trinajstić information content (AvgIpc) is 3.19. The van der Waals surface area contributed by atoms with Crippen molar-refractivity contribution >= 4 is 29.0 Å². The summed E-state index contributed by atoms with van der Waals surface area (Å²) in [5, 5.41) is 20.7. The fraction of sp³-hybridized carbons (Fsp3) is 0.263. The van der Waals surface area contributed by atoms with Crippen molar-refractivity contribution in [3.8, 4) is 0 Å². The second kappa shape index (κ2) is 6.08. The van der Waals surface area contributed by atoms with Crippen LogP contribution >= 0.6 is 0 Å². The van der Waals surface area contributed by atoms with Crippen molar-refractivity contribution in [3.05, 3.63) is 59.3 Å². The van der Waals surface area contributed by atoms with Gasteiger partial charge in [0.25, 0.3) is 6.17 Å². The Morgan fingerprint density at radius 1 is 1.15 bits per heavy atom. The maximum Gasteiger partial charge on any atom is 0.330 e. The highest BCUT2D eigenvalue weighted by Crippen LogP contribution is 2.35. The summed E-state index contributed by atoms with van der Waals surface area (Å²) in [7, 11) is 1.71. The predicted octanol–water partition coefficient (Wildman–Crippen LogP) is 2.83. The number of anilines is 1. The van der Waals surface area contributed by atoms with E-state index in [2.05, 4.69) is 10.3 Å².